The van der Waals surface area contributed by atoms with E-state index in [0.717, 1.165) is 37.0 Å². The lowest BCUT2D eigenvalue weighted by Gasteiger charge is -2.30. The smallest absolute Gasteiger partial charge is 0.311 e. The van der Waals surface area contributed by atoms with E-state index in [2.05, 4.69) is 10.3 Å². The van der Waals surface area contributed by atoms with Gasteiger partial charge in [0, 0.05) is 11.6 Å². The number of nitrogens with zero attached hydrogens (tertiary/aromatic N) is 1. The second-order valence-corrected chi connectivity index (χ2v) is 7.20. The van der Waals surface area contributed by atoms with Gasteiger partial charge in [0.1, 0.15) is 11.3 Å². The Balaban J connectivity index is 1.78. The summed E-state index contributed by atoms with van der Waals surface area (Å²) in [6, 6.07) is 10.7. The Morgan fingerprint density at radius 2 is 1.77 bits per heavy atom. The van der Waals surface area contributed by atoms with Crippen LogP contribution < -0.4 is 14.8 Å². The minimum atomic E-state index is -0.319. The largest absolute Gasteiger partial charge is 0.497 e. The molecule has 1 aliphatic carbocycles. The number of pyridine rings is 1. The van der Waals surface area contributed by atoms with Crippen molar-refractivity contribution in [3.8, 4) is 22.9 Å². The Hall–Kier alpha value is -3.09. The first kappa shape index (κ1) is 21.6. The first-order valence-corrected chi connectivity index (χ1v) is 10.2. The first-order valence-electron chi connectivity index (χ1n) is 10.2. The van der Waals surface area contributed by atoms with Gasteiger partial charge in [0.05, 0.1) is 32.4 Å². The molecule has 2 atom stereocenters. The van der Waals surface area contributed by atoms with Crippen molar-refractivity contribution in [2.24, 2.45) is 5.92 Å². The number of carbonyl (C=O) groups excluding carboxylic acids is 2. The van der Waals surface area contributed by atoms with Crippen LogP contribution in [0.25, 0.3) is 11.3 Å². The van der Waals surface area contributed by atoms with Crippen LogP contribution >= 0.6 is 0 Å². The second kappa shape index (κ2) is 10.1. The molecule has 1 aromatic carbocycles. The molecule has 0 aliphatic heterocycles. The van der Waals surface area contributed by atoms with Crippen molar-refractivity contribution in [1.82, 2.24) is 10.3 Å². The first-order chi connectivity index (χ1) is 14.6. The number of rotatable bonds is 7. The van der Waals surface area contributed by atoms with Crippen molar-refractivity contribution in [2.75, 3.05) is 20.8 Å². The second-order valence-electron chi connectivity index (χ2n) is 7.20. The van der Waals surface area contributed by atoms with Gasteiger partial charge in [-0.05, 0) is 56.2 Å². The number of esters is 1. The van der Waals surface area contributed by atoms with Crippen molar-refractivity contribution in [3.05, 3.63) is 42.0 Å². The van der Waals surface area contributed by atoms with Crippen LogP contribution in [-0.2, 0) is 9.53 Å². The number of hydrogen-bond donors (Lipinski definition) is 1. The summed E-state index contributed by atoms with van der Waals surface area (Å²) >= 11 is 0. The van der Waals surface area contributed by atoms with Crippen LogP contribution in [0.4, 0.5) is 0 Å². The lowest BCUT2D eigenvalue weighted by atomic mass is 9.84. The predicted octanol–water partition coefficient (Wildman–Crippen LogP) is 3.62. The van der Waals surface area contributed by atoms with Gasteiger partial charge in [-0.1, -0.05) is 12.8 Å². The lowest BCUT2D eigenvalue weighted by Crippen LogP contribution is -2.45. The number of amides is 1. The van der Waals surface area contributed by atoms with Crippen LogP contribution in [0, 0.1) is 5.92 Å². The molecule has 1 saturated carbocycles. The average Bonchev–Trinajstić information content (AvgIpc) is 2.79. The minimum absolute atomic E-state index is 0.240. The molecule has 1 heterocycles. The fourth-order valence-electron chi connectivity index (χ4n) is 3.77. The number of aromatic nitrogens is 1. The summed E-state index contributed by atoms with van der Waals surface area (Å²) < 4.78 is 15.8. The van der Waals surface area contributed by atoms with Crippen molar-refractivity contribution in [3.63, 3.8) is 0 Å². The molecule has 7 heteroatoms. The molecule has 2 aromatic rings. The Kier molecular flexibility index (Phi) is 7.27. The number of nitrogens with one attached hydrogen (secondary N) is 1. The van der Waals surface area contributed by atoms with Crippen LogP contribution in [0.5, 0.6) is 11.6 Å². The monoisotopic (exact) mass is 412 g/mol. The fourth-order valence-corrected chi connectivity index (χ4v) is 3.77. The highest BCUT2D eigenvalue weighted by molar-refractivity contribution is 5.97. The molecule has 0 spiro atoms. The third-order valence-electron chi connectivity index (χ3n) is 5.36. The summed E-state index contributed by atoms with van der Waals surface area (Å²) in [6.07, 6.45) is 3.38. The summed E-state index contributed by atoms with van der Waals surface area (Å²) in [7, 11) is 3.10. The molecule has 0 bridgehead atoms. The maximum absolute atomic E-state index is 13.0. The number of benzene rings is 1. The highest BCUT2D eigenvalue weighted by Gasteiger charge is 2.33. The predicted molar refractivity (Wildman–Crippen MR) is 113 cm³/mol. The fraction of sp³-hybridized carbons (Fsp3) is 0.435. The average molecular weight is 412 g/mol. The van der Waals surface area contributed by atoms with E-state index in [0.29, 0.717) is 17.9 Å². The molecule has 2 unspecified atom stereocenters. The molecule has 3 rings (SSSR count). The lowest BCUT2D eigenvalue weighted by molar-refractivity contribution is -0.150. The van der Waals surface area contributed by atoms with Crippen LogP contribution in [0.2, 0.25) is 0 Å². The molecule has 0 saturated heterocycles. The number of hydrogen-bond acceptors (Lipinski definition) is 6. The zero-order valence-corrected chi connectivity index (χ0v) is 17.6. The number of methoxy groups -OCH3 is 2. The van der Waals surface area contributed by atoms with Crippen LogP contribution in [0.1, 0.15) is 43.0 Å². The Bertz CT molecular complexity index is 882. The summed E-state index contributed by atoms with van der Waals surface area (Å²) in [5.41, 5.74) is 1.91. The van der Waals surface area contributed by atoms with Crippen molar-refractivity contribution in [2.45, 2.75) is 38.6 Å². The third-order valence-corrected chi connectivity index (χ3v) is 5.36. The zero-order valence-electron chi connectivity index (χ0n) is 17.6. The van der Waals surface area contributed by atoms with Gasteiger partial charge in [-0.2, -0.15) is 0 Å². The van der Waals surface area contributed by atoms with Crippen LogP contribution in [0.3, 0.4) is 0 Å². The van der Waals surface area contributed by atoms with Gasteiger partial charge in [0.2, 0.25) is 5.88 Å². The molecule has 7 nitrogen and oxygen atoms in total. The van der Waals surface area contributed by atoms with E-state index >= 15 is 0 Å². The Morgan fingerprint density at radius 1 is 1.03 bits per heavy atom. The maximum Gasteiger partial charge on any atom is 0.311 e. The van der Waals surface area contributed by atoms with Crippen molar-refractivity contribution >= 4 is 11.9 Å². The van der Waals surface area contributed by atoms with E-state index in [4.69, 9.17) is 14.2 Å². The molecule has 30 heavy (non-hydrogen) atoms. The molecule has 1 aromatic heterocycles. The molecule has 1 aliphatic rings. The van der Waals surface area contributed by atoms with Crippen LogP contribution in [-0.4, -0.2) is 43.7 Å². The molecule has 1 fully saturated rings. The van der Waals surface area contributed by atoms with Crippen LogP contribution in [0.15, 0.2) is 36.4 Å². The molecule has 0 radical (unpaired) electrons. The topological polar surface area (TPSA) is 86.8 Å². The number of carbonyl (C=O) groups is 2. The standard InChI is InChI=1S/C23H28N2O5/c1-4-30-23(27)17-7-5-6-8-20(17)24-21(26)18-13-14-19(25-22(18)29-3)15-9-11-16(28-2)12-10-15/h9-14,17,20H,4-8H2,1-3H3,(H,24,26). The maximum atomic E-state index is 13.0. The molecule has 160 valence electrons. The molecule has 1 amide bonds. The summed E-state index contributed by atoms with van der Waals surface area (Å²) in [4.78, 5) is 29.7. The normalized spacial score (nSPS) is 18.4. The molecule has 1 N–H and O–H groups in total. The van der Waals surface area contributed by atoms with Crippen molar-refractivity contribution < 1.29 is 23.8 Å². The van der Waals surface area contributed by atoms with E-state index < -0.39 is 0 Å². The van der Waals surface area contributed by atoms with Gasteiger partial charge in [0.25, 0.3) is 5.91 Å². The van der Waals surface area contributed by atoms with Gasteiger partial charge in [0.15, 0.2) is 0 Å². The van der Waals surface area contributed by atoms with Gasteiger partial charge >= 0.3 is 5.97 Å². The minimum Gasteiger partial charge on any atom is -0.497 e. The van der Waals surface area contributed by atoms with E-state index in [1.807, 2.05) is 24.3 Å². The van der Waals surface area contributed by atoms with E-state index in [-0.39, 0.29) is 29.7 Å². The molecular weight excluding hydrogens is 384 g/mol. The van der Waals surface area contributed by atoms with Gasteiger partial charge < -0.3 is 19.5 Å². The van der Waals surface area contributed by atoms with E-state index in [1.54, 1.807) is 26.2 Å². The SMILES string of the molecule is CCOC(=O)C1CCCCC1NC(=O)c1ccc(-c2ccc(OC)cc2)nc1OC. The van der Waals surface area contributed by atoms with E-state index in [1.165, 1.54) is 7.11 Å². The Morgan fingerprint density at radius 3 is 2.43 bits per heavy atom. The zero-order chi connectivity index (χ0) is 21.5. The van der Waals surface area contributed by atoms with Crippen molar-refractivity contribution in [1.29, 1.82) is 0 Å². The summed E-state index contributed by atoms with van der Waals surface area (Å²) in [5, 5.41) is 3.00. The van der Waals surface area contributed by atoms with Gasteiger partial charge in [-0.15, -0.1) is 0 Å². The summed E-state index contributed by atoms with van der Waals surface area (Å²) in [5.74, 6) is 0.124. The molecular formula is C23H28N2O5. The van der Waals surface area contributed by atoms with Gasteiger partial charge in [-0.3, -0.25) is 9.59 Å². The van der Waals surface area contributed by atoms with Gasteiger partial charge in [-0.25, -0.2) is 4.98 Å². The quantitative estimate of drug-likeness (QED) is 0.699. The Labute approximate surface area is 176 Å². The van der Waals surface area contributed by atoms with E-state index in [9.17, 15) is 9.59 Å². The summed E-state index contributed by atoms with van der Waals surface area (Å²) in [6.45, 7) is 2.12. The highest BCUT2D eigenvalue weighted by atomic mass is 16.5. The highest BCUT2D eigenvalue weighted by Crippen LogP contribution is 2.28. The number of ether oxygens (including phenoxy) is 3. The third kappa shape index (κ3) is 4.90.